The van der Waals surface area contributed by atoms with Crippen LogP contribution in [-0.4, -0.2) is 36.7 Å². The third-order valence-electron chi connectivity index (χ3n) is 3.67. The van der Waals surface area contributed by atoms with Crippen molar-refractivity contribution in [3.63, 3.8) is 0 Å². The third kappa shape index (κ3) is 5.47. The maximum Gasteiger partial charge on any atom is 0.240 e. The Labute approximate surface area is 158 Å². The van der Waals surface area contributed by atoms with E-state index in [4.69, 9.17) is 0 Å². The summed E-state index contributed by atoms with van der Waals surface area (Å²) in [4.78, 5) is 4.20. The molecule has 2 aromatic heterocycles. The van der Waals surface area contributed by atoms with Gasteiger partial charge in [0.25, 0.3) is 0 Å². The Balaban J connectivity index is 1.47. The van der Waals surface area contributed by atoms with Gasteiger partial charge in [-0.1, -0.05) is 17.7 Å². The summed E-state index contributed by atoms with van der Waals surface area (Å²) in [6.45, 7) is 2.53. The summed E-state index contributed by atoms with van der Waals surface area (Å²) in [5, 5.41) is 14.3. The Morgan fingerprint density at radius 1 is 0.852 bits per heavy atom. The molecule has 0 unspecified atom stereocenters. The highest BCUT2D eigenvalue weighted by atomic mass is 32.2. The molecule has 27 heavy (non-hydrogen) atoms. The Bertz CT molecular complexity index is 961. The number of sulfonamides is 1. The largest absolute Gasteiger partial charge is 0.367 e. The van der Waals surface area contributed by atoms with Crippen LogP contribution < -0.4 is 15.4 Å². The molecule has 0 bridgehead atoms. The fourth-order valence-electron chi connectivity index (χ4n) is 2.25. The van der Waals surface area contributed by atoms with Crippen LogP contribution in [0.5, 0.6) is 0 Å². The van der Waals surface area contributed by atoms with E-state index in [0.717, 1.165) is 11.3 Å². The average Bonchev–Trinajstić information content (AvgIpc) is 2.68. The first-order valence-corrected chi connectivity index (χ1v) is 9.82. The van der Waals surface area contributed by atoms with E-state index in [1.807, 2.05) is 19.1 Å². The molecule has 9 heteroatoms. The van der Waals surface area contributed by atoms with Gasteiger partial charge in [0.05, 0.1) is 4.90 Å². The standard InChI is InChI=1S/C18H20N6O2S/c1-14-2-4-16(5-3-14)27(25,26)21-13-12-20-17-6-7-18(24-23-17)22-15-8-10-19-11-9-15/h2-11,21H,12-13H2,1H3,(H,20,23)(H,19,22,24). The fourth-order valence-corrected chi connectivity index (χ4v) is 3.28. The van der Waals surface area contributed by atoms with Crippen LogP contribution in [0.4, 0.5) is 17.3 Å². The molecule has 0 radical (unpaired) electrons. The highest BCUT2D eigenvalue weighted by Gasteiger charge is 2.12. The Kier molecular flexibility index (Phi) is 5.94. The molecule has 3 rings (SSSR count). The molecular formula is C18H20N6O2S. The first-order valence-electron chi connectivity index (χ1n) is 8.34. The molecule has 0 aliphatic heterocycles. The lowest BCUT2D eigenvalue weighted by Crippen LogP contribution is -2.29. The van der Waals surface area contributed by atoms with E-state index in [0.29, 0.717) is 18.2 Å². The van der Waals surface area contributed by atoms with Crippen LogP contribution in [0.15, 0.2) is 65.8 Å². The van der Waals surface area contributed by atoms with Gasteiger partial charge in [-0.2, -0.15) is 0 Å². The second-order valence-corrected chi connectivity index (χ2v) is 7.57. The summed E-state index contributed by atoms with van der Waals surface area (Å²) in [5.41, 5.74) is 1.88. The summed E-state index contributed by atoms with van der Waals surface area (Å²) >= 11 is 0. The SMILES string of the molecule is Cc1ccc(S(=O)(=O)NCCNc2ccc(Nc3ccncc3)nn2)cc1. The van der Waals surface area contributed by atoms with E-state index in [-0.39, 0.29) is 11.4 Å². The molecule has 0 saturated heterocycles. The number of pyridine rings is 1. The van der Waals surface area contributed by atoms with Crippen LogP contribution in [0.2, 0.25) is 0 Å². The van der Waals surface area contributed by atoms with Gasteiger partial charge in [0.1, 0.15) is 5.82 Å². The van der Waals surface area contributed by atoms with Crippen molar-refractivity contribution in [3.8, 4) is 0 Å². The molecule has 3 N–H and O–H groups in total. The molecule has 1 aromatic carbocycles. The van der Waals surface area contributed by atoms with Gasteiger partial charge in [-0.3, -0.25) is 4.98 Å². The minimum Gasteiger partial charge on any atom is -0.367 e. The summed E-state index contributed by atoms with van der Waals surface area (Å²) in [6.07, 6.45) is 3.37. The zero-order valence-corrected chi connectivity index (χ0v) is 15.6. The minimum absolute atomic E-state index is 0.231. The summed E-state index contributed by atoms with van der Waals surface area (Å²) in [5.74, 6) is 1.16. The van der Waals surface area contributed by atoms with Crippen molar-refractivity contribution in [1.29, 1.82) is 0 Å². The van der Waals surface area contributed by atoms with Crippen LogP contribution in [0.1, 0.15) is 5.56 Å². The van der Waals surface area contributed by atoms with Crippen molar-refractivity contribution in [2.24, 2.45) is 0 Å². The van der Waals surface area contributed by atoms with Gasteiger partial charge < -0.3 is 10.6 Å². The molecule has 0 aliphatic carbocycles. The Morgan fingerprint density at radius 3 is 2.19 bits per heavy atom. The monoisotopic (exact) mass is 384 g/mol. The molecule has 3 aromatic rings. The smallest absolute Gasteiger partial charge is 0.240 e. The van der Waals surface area contributed by atoms with Crippen molar-refractivity contribution in [2.45, 2.75) is 11.8 Å². The number of hydrogen-bond donors (Lipinski definition) is 3. The van der Waals surface area contributed by atoms with Crippen molar-refractivity contribution < 1.29 is 8.42 Å². The number of rotatable bonds is 8. The highest BCUT2D eigenvalue weighted by molar-refractivity contribution is 7.89. The lowest BCUT2D eigenvalue weighted by atomic mass is 10.2. The zero-order chi connectivity index (χ0) is 19.1. The van der Waals surface area contributed by atoms with Crippen molar-refractivity contribution >= 4 is 27.3 Å². The first kappa shape index (κ1) is 18.7. The van der Waals surface area contributed by atoms with Crippen LogP contribution in [0.3, 0.4) is 0 Å². The maximum absolute atomic E-state index is 12.2. The molecule has 0 fully saturated rings. The maximum atomic E-state index is 12.2. The first-order chi connectivity index (χ1) is 13.0. The molecule has 8 nitrogen and oxygen atoms in total. The zero-order valence-electron chi connectivity index (χ0n) is 14.8. The Morgan fingerprint density at radius 2 is 1.52 bits per heavy atom. The minimum atomic E-state index is -3.51. The van der Waals surface area contributed by atoms with Gasteiger partial charge >= 0.3 is 0 Å². The number of aromatic nitrogens is 3. The van der Waals surface area contributed by atoms with Gasteiger partial charge in [-0.15, -0.1) is 10.2 Å². The number of hydrogen-bond acceptors (Lipinski definition) is 7. The van der Waals surface area contributed by atoms with Gasteiger partial charge in [0, 0.05) is 31.2 Å². The van der Waals surface area contributed by atoms with E-state index in [2.05, 4.69) is 30.5 Å². The number of benzene rings is 1. The van der Waals surface area contributed by atoms with Gasteiger partial charge in [-0.05, 0) is 43.3 Å². The number of nitrogens with zero attached hydrogens (tertiary/aromatic N) is 3. The lowest BCUT2D eigenvalue weighted by molar-refractivity contribution is 0.583. The van der Waals surface area contributed by atoms with Crippen molar-refractivity contribution in [1.82, 2.24) is 19.9 Å². The molecule has 0 amide bonds. The molecule has 0 saturated carbocycles. The average molecular weight is 384 g/mol. The molecule has 0 spiro atoms. The van der Waals surface area contributed by atoms with E-state index in [9.17, 15) is 8.42 Å². The quantitative estimate of drug-likeness (QED) is 0.511. The van der Waals surface area contributed by atoms with E-state index >= 15 is 0 Å². The van der Waals surface area contributed by atoms with Crippen LogP contribution >= 0.6 is 0 Å². The molecule has 2 heterocycles. The predicted molar refractivity (Wildman–Crippen MR) is 104 cm³/mol. The van der Waals surface area contributed by atoms with Crippen LogP contribution in [-0.2, 0) is 10.0 Å². The molecular weight excluding hydrogens is 364 g/mol. The predicted octanol–water partition coefficient (Wildman–Crippen LogP) is 2.31. The summed E-state index contributed by atoms with van der Waals surface area (Å²) in [6, 6.07) is 13.9. The van der Waals surface area contributed by atoms with Crippen molar-refractivity contribution in [2.75, 3.05) is 23.7 Å². The third-order valence-corrected chi connectivity index (χ3v) is 5.15. The van der Waals surface area contributed by atoms with Crippen LogP contribution in [0, 0.1) is 6.92 Å². The molecule has 0 atom stereocenters. The van der Waals surface area contributed by atoms with E-state index < -0.39 is 10.0 Å². The number of anilines is 3. The van der Waals surface area contributed by atoms with Gasteiger partial charge in [-0.25, -0.2) is 13.1 Å². The molecule has 0 aliphatic rings. The van der Waals surface area contributed by atoms with Gasteiger partial charge in [0.15, 0.2) is 5.82 Å². The normalized spacial score (nSPS) is 11.1. The number of aryl methyl sites for hydroxylation is 1. The summed E-state index contributed by atoms with van der Waals surface area (Å²) in [7, 11) is -3.51. The lowest BCUT2D eigenvalue weighted by Gasteiger charge is -2.09. The van der Waals surface area contributed by atoms with E-state index in [1.54, 1.807) is 48.8 Å². The number of nitrogens with one attached hydrogen (secondary N) is 3. The molecule has 140 valence electrons. The second-order valence-electron chi connectivity index (χ2n) is 5.80. The van der Waals surface area contributed by atoms with Crippen LogP contribution in [0.25, 0.3) is 0 Å². The summed E-state index contributed by atoms with van der Waals surface area (Å²) < 4.78 is 26.9. The second kappa shape index (κ2) is 8.56. The topological polar surface area (TPSA) is 109 Å². The fraction of sp³-hybridized carbons (Fsp3) is 0.167. The highest BCUT2D eigenvalue weighted by Crippen LogP contribution is 2.13. The van der Waals surface area contributed by atoms with E-state index in [1.165, 1.54) is 0 Å². The van der Waals surface area contributed by atoms with Gasteiger partial charge in [0.2, 0.25) is 10.0 Å². The Hall–Kier alpha value is -3.04. The van der Waals surface area contributed by atoms with Crippen molar-refractivity contribution in [3.05, 3.63) is 66.5 Å².